The molecular weight excluding hydrogens is 1250 g/mol. The van der Waals surface area contributed by atoms with Crippen LogP contribution in [0.25, 0.3) is 127 Å². The van der Waals surface area contributed by atoms with Crippen LogP contribution in [0.5, 0.6) is 0 Å². The van der Waals surface area contributed by atoms with Crippen LogP contribution in [0.3, 0.4) is 0 Å². The molecule has 0 N–H and O–H groups in total. The minimum Gasteiger partial charge on any atom is -0.310 e. The van der Waals surface area contributed by atoms with E-state index in [2.05, 4.69) is 408 Å². The average Bonchev–Trinajstić information content (AvgIpc) is 0.793. The molecule has 3 heterocycles. The largest absolute Gasteiger partial charge is 0.310 e. The van der Waals surface area contributed by atoms with Crippen molar-refractivity contribution in [3.05, 3.63) is 363 Å². The molecule has 1 aromatic heterocycles. The smallest absolute Gasteiger partial charge is 0.252 e. The maximum Gasteiger partial charge on any atom is 0.252 e. The molecule has 0 saturated heterocycles. The van der Waals surface area contributed by atoms with Gasteiger partial charge in [0.05, 0.1) is 28.1 Å². The molecule has 0 spiro atoms. The predicted octanol–water partition coefficient (Wildman–Crippen LogP) is 25.4. The maximum atomic E-state index is 2.72. The number of nitrogens with zero attached hydrogens (tertiary/aromatic N) is 3. The summed E-state index contributed by atoms with van der Waals surface area (Å²) >= 11 is 0. The van der Waals surface area contributed by atoms with E-state index in [0.717, 1.165) is 95.4 Å². The van der Waals surface area contributed by atoms with Crippen LogP contribution in [0.2, 0.25) is 0 Å². The van der Waals surface area contributed by atoms with Crippen molar-refractivity contribution in [2.45, 2.75) is 52.4 Å². The Kier molecular flexibility index (Phi) is 14.8. The Hall–Kier alpha value is -12.5. The van der Waals surface area contributed by atoms with Crippen molar-refractivity contribution in [3.8, 4) is 83.6 Å². The minimum atomic E-state index is -0.272. The molecule has 4 heteroatoms. The number of hydrogen-bond acceptors (Lipinski definition) is 2. The molecule has 0 bridgehead atoms. The Bertz CT molecular complexity index is 5840. The number of anilines is 6. The second-order valence-electron chi connectivity index (χ2n) is 30.4. The molecule has 2 aliphatic heterocycles. The Morgan fingerprint density at radius 1 is 0.250 bits per heavy atom. The summed E-state index contributed by atoms with van der Waals surface area (Å²) in [6.07, 6.45) is 0. The van der Waals surface area contributed by atoms with Crippen LogP contribution in [0.1, 0.15) is 52.7 Å². The van der Waals surface area contributed by atoms with Gasteiger partial charge in [0.1, 0.15) is 0 Å². The van der Waals surface area contributed by atoms with Crippen LogP contribution in [-0.2, 0) is 10.8 Å². The van der Waals surface area contributed by atoms with Crippen LogP contribution in [0.15, 0.2) is 352 Å². The van der Waals surface area contributed by atoms with E-state index in [9.17, 15) is 0 Å². The van der Waals surface area contributed by atoms with Crippen molar-refractivity contribution >= 4 is 101 Å². The van der Waals surface area contributed by atoms with Gasteiger partial charge < -0.3 is 14.4 Å². The van der Waals surface area contributed by atoms with Crippen molar-refractivity contribution in [2.75, 3.05) is 9.80 Å². The van der Waals surface area contributed by atoms with Gasteiger partial charge >= 0.3 is 0 Å². The van der Waals surface area contributed by atoms with E-state index >= 15 is 0 Å². The molecule has 0 unspecified atom stereocenters. The van der Waals surface area contributed by atoms with E-state index in [-0.39, 0.29) is 17.5 Å². The number of fused-ring (bicyclic) bond motifs is 10. The first kappa shape index (κ1) is 62.5. The Morgan fingerprint density at radius 3 is 1.07 bits per heavy atom. The molecule has 16 aromatic carbocycles. The van der Waals surface area contributed by atoms with E-state index in [1.54, 1.807) is 0 Å². The van der Waals surface area contributed by atoms with Crippen LogP contribution >= 0.6 is 0 Å². The molecule has 0 amide bonds. The normalized spacial score (nSPS) is 12.7. The van der Waals surface area contributed by atoms with E-state index < -0.39 is 0 Å². The van der Waals surface area contributed by atoms with Crippen LogP contribution in [0, 0.1) is 0 Å². The molecule has 494 valence electrons. The summed E-state index contributed by atoms with van der Waals surface area (Å²) < 4.78 is 2.62. The van der Waals surface area contributed by atoms with Gasteiger partial charge in [-0.05, 0) is 177 Å². The molecule has 0 fully saturated rings. The third-order valence-electron chi connectivity index (χ3n) is 22.0. The molecule has 2 aliphatic rings. The lowest BCUT2D eigenvalue weighted by atomic mass is 9.33. The Morgan fingerprint density at radius 2 is 0.615 bits per heavy atom. The van der Waals surface area contributed by atoms with Crippen molar-refractivity contribution in [2.24, 2.45) is 0 Å². The molecule has 0 radical (unpaired) electrons. The second-order valence-corrected chi connectivity index (χ2v) is 30.4. The number of rotatable bonds is 10. The summed E-state index contributed by atoms with van der Waals surface area (Å²) in [7, 11) is 0. The standard InChI is InChI=1S/C100H76BN3/c1-99(2,3)78-59-83(68-34-17-9-18-35-68)97(84(60-78)69-36-19-10-20-37-69)103-91-53-49-76(65-29-13-7-14-30-65)57-88(91)101-89-58-77(66-31-15-8-16-32-66)50-54-92(89)104(98-85(70-38-21-11-22-39-70)61-79(100(4,5)6)62-86(98)71-40-23-12-24-41-71)94-64-80(63-93(103)95(94)101)102-90-52-48-75(74-46-45-67-33-25-26-43-73(67)55-74)56-87(90)82-51-47-72-42-27-28-44-81(72)96(82)102/h7-64H,1-6H3. The fourth-order valence-electron chi connectivity index (χ4n) is 16.8. The predicted molar refractivity (Wildman–Crippen MR) is 445 cm³/mol. The molecule has 0 atom stereocenters. The zero-order chi connectivity index (χ0) is 70.0. The average molecular weight is 1330 g/mol. The molecule has 0 aliphatic carbocycles. The van der Waals surface area contributed by atoms with Gasteiger partial charge in [-0.1, -0.05) is 327 Å². The van der Waals surface area contributed by atoms with Gasteiger partial charge in [-0.3, -0.25) is 0 Å². The van der Waals surface area contributed by atoms with Gasteiger partial charge in [-0.2, -0.15) is 0 Å². The highest BCUT2D eigenvalue weighted by Gasteiger charge is 2.46. The lowest BCUT2D eigenvalue weighted by Crippen LogP contribution is -2.61. The lowest BCUT2D eigenvalue weighted by molar-refractivity contribution is 0.590. The number of aromatic nitrogens is 1. The van der Waals surface area contributed by atoms with Gasteiger partial charge in [0.25, 0.3) is 6.71 Å². The molecule has 0 saturated carbocycles. The van der Waals surface area contributed by atoms with Crippen LogP contribution in [-0.4, -0.2) is 11.3 Å². The summed E-state index contributed by atoms with van der Waals surface area (Å²) in [6, 6.07) is 133. The highest BCUT2D eigenvalue weighted by atomic mass is 15.2. The quantitative estimate of drug-likeness (QED) is 0.126. The van der Waals surface area contributed by atoms with E-state index in [4.69, 9.17) is 0 Å². The summed E-state index contributed by atoms with van der Waals surface area (Å²) in [5.41, 5.74) is 32.1. The lowest BCUT2D eigenvalue weighted by Gasteiger charge is -2.46. The van der Waals surface area contributed by atoms with E-state index in [1.807, 2.05) is 0 Å². The fourth-order valence-corrected chi connectivity index (χ4v) is 16.8. The van der Waals surface area contributed by atoms with E-state index in [0.29, 0.717) is 0 Å². The zero-order valence-electron chi connectivity index (χ0n) is 59.4. The van der Waals surface area contributed by atoms with Crippen molar-refractivity contribution in [3.63, 3.8) is 0 Å². The maximum absolute atomic E-state index is 2.72. The SMILES string of the molecule is CC(C)(C)c1cc(-c2ccccc2)c(N2c3ccc(-c4ccccc4)cc3B3c4cc(-c5ccccc5)ccc4N(c4c(-c5ccccc5)cc(C(C)(C)C)cc4-c4ccccc4)c4cc(-n5c6ccc(-c7ccc8ccccc8c7)cc6c6ccc7ccccc7c65)cc2c43)c(-c2ccccc2)c1. The number of hydrogen-bond donors (Lipinski definition) is 0. The minimum absolute atomic E-state index is 0.205. The highest BCUT2D eigenvalue weighted by molar-refractivity contribution is 7.00. The summed E-state index contributed by atoms with van der Waals surface area (Å²) in [5.74, 6) is 0. The highest BCUT2D eigenvalue weighted by Crippen LogP contribution is 2.56. The second kappa shape index (κ2) is 24.6. The van der Waals surface area contributed by atoms with Crippen LogP contribution < -0.4 is 26.2 Å². The third-order valence-corrected chi connectivity index (χ3v) is 22.0. The monoisotopic (exact) mass is 1330 g/mol. The third kappa shape index (κ3) is 10.5. The van der Waals surface area contributed by atoms with Crippen molar-refractivity contribution < 1.29 is 0 Å². The molecule has 104 heavy (non-hydrogen) atoms. The Balaban J connectivity index is 1.03. The van der Waals surface area contributed by atoms with Gasteiger partial charge in [0, 0.05) is 61.2 Å². The van der Waals surface area contributed by atoms with E-state index in [1.165, 1.54) is 93.2 Å². The molecular formula is C100H76BN3. The van der Waals surface area contributed by atoms with Crippen LogP contribution in [0.4, 0.5) is 34.1 Å². The summed E-state index contributed by atoms with van der Waals surface area (Å²) in [5, 5.41) is 7.22. The first-order chi connectivity index (χ1) is 50.9. The first-order valence-electron chi connectivity index (χ1n) is 36.6. The first-order valence-corrected chi connectivity index (χ1v) is 36.6. The Labute approximate surface area is 610 Å². The summed E-state index contributed by atoms with van der Waals surface area (Å²) in [6.45, 7) is 13.9. The van der Waals surface area contributed by atoms with Gasteiger partial charge in [-0.15, -0.1) is 0 Å². The zero-order valence-corrected chi connectivity index (χ0v) is 59.4. The van der Waals surface area contributed by atoms with Gasteiger partial charge in [-0.25, -0.2) is 0 Å². The fraction of sp³-hybridized carbons (Fsp3) is 0.0800. The van der Waals surface area contributed by atoms with Gasteiger partial charge in [0.2, 0.25) is 0 Å². The van der Waals surface area contributed by atoms with Crippen molar-refractivity contribution in [1.29, 1.82) is 0 Å². The molecule has 19 rings (SSSR count). The van der Waals surface area contributed by atoms with Crippen molar-refractivity contribution in [1.82, 2.24) is 4.57 Å². The molecule has 3 nitrogen and oxygen atoms in total. The summed E-state index contributed by atoms with van der Waals surface area (Å²) in [4.78, 5) is 5.43. The molecule has 17 aromatic rings. The van der Waals surface area contributed by atoms with Gasteiger partial charge in [0.15, 0.2) is 0 Å². The number of benzene rings is 16. The topological polar surface area (TPSA) is 11.4 Å².